The molecule has 0 atom stereocenters. The summed E-state index contributed by atoms with van der Waals surface area (Å²) < 4.78 is 1.30. The summed E-state index contributed by atoms with van der Waals surface area (Å²) in [6, 6.07) is 9.77. The van der Waals surface area contributed by atoms with E-state index in [9.17, 15) is 0 Å². The van der Waals surface area contributed by atoms with Crippen molar-refractivity contribution in [3.8, 4) is 0 Å². The van der Waals surface area contributed by atoms with Crippen molar-refractivity contribution in [1.82, 2.24) is 0 Å². The molecule has 0 N–H and O–H groups in total. The van der Waals surface area contributed by atoms with Crippen molar-refractivity contribution in [1.29, 1.82) is 0 Å². The van der Waals surface area contributed by atoms with Crippen LogP contribution in [0.15, 0.2) is 24.3 Å². The average molecular weight is 303 g/mol. The van der Waals surface area contributed by atoms with Gasteiger partial charge in [-0.1, -0.05) is 6.07 Å². The van der Waals surface area contributed by atoms with E-state index >= 15 is 0 Å². The predicted molar refractivity (Wildman–Crippen MR) is 71.9 cm³/mol. The lowest BCUT2D eigenvalue weighted by atomic mass is 10.2. The van der Waals surface area contributed by atoms with Crippen LogP contribution in [0.3, 0.4) is 0 Å². The largest absolute Gasteiger partial charge is 0.367 e. The fraction of sp³-hybridized carbons (Fsp3) is 0.500. The van der Waals surface area contributed by atoms with Crippen molar-refractivity contribution < 1.29 is 0 Å². The highest BCUT2D eigenvalue weighted by Gasteiger charge is 2.13. The van der Waals surface area contributed by atoms with Crippen LogP contribution in [0.4, 0.5) is 5.69 Å². The molecule has 0 saturated carbocycles. The Kier molecular flexibility index (Phi) is 4.23. The summed E-state index contributed by atoms with van der Waals surface area (Å²) in [5.74, 6) is 0. The Morgan fingerprint density at radius 2 is 1.64 bits per heavy atom. The maximum Gasteiger partial charge on any atom is 0.0381 e. The van der Waals surface area contributed by atoms with Crippen molar-refractivity contribution in [3.05, 3.63) is 27.8 Å². The van der Waals surface area contributed by atoms with Gasteiger partial charge in [0.15, 0.2) is 0 Å². The topological polar surface area (TPSA) is 3.24 Å². The Morgan fingerprint density at radius 1 is 1.07 bits per heavy atom. The molecule has 14 heavy (non-hydrogen) atoms. The summed E-state index contributed by atoms with van der Waals surface area (Å²) in [4.78, 5) is 2.43. The molecule has 2 heteroatoms. The molecule has 1 nitrogen and oxygen atoms in total. The molecule has 0 aliphatic carbocycles. The van der Waals surface area contributed by atoms with Gasteiger partial charge in [-0.25, -0.2) is 0 Å². The number of halogens is 1. The van der Waals surface area contributed by atoms with Crippen molar-refractivity contribution >= 4 is 28.3 Å². The fourth-order valence-electron chi connectivity index (χ4n) is 1.83. The quantitative estimate of drug-likeness (QED) is 0.765. The smallest absolute Gasteiger partial charge is 0.0381 e. The van der Waals surface area contributed by atoms with Gasteiger partial charge in [0.25, 0.3) is 0 Å². The number of rotatable bonds is 3. The van der Waals surface area contributed by atoms with Gasteiger partial charge in [0, 0.05) is 21.3 Å². The summed E-state index contributed by atoms with van der Waals surface area (Å²) in [6.07, 6.45) is 0. The molecule has 0 heterocycles. The minimum Gasteiger partial charge on any atom is -0.367 e. The van der Waals surface area contributed by atoms with Crippen molar-refractivity contribution in [2.75, 3.05) is 4.90 Å². The van der Waals surface area contributed by atoms with Crippen LogP contribution in [0.25, 0.3) is 0 Å². The summed E-state index contributed by atoms with van der Waals surface area (Å²) in [7, 11) is 0. The molecular formula is C12H18IN. The van der Waals surface area contributed by atoms with Crippen LogP contribution >= 0.6 is 22.6 Å². The molecule has 0 aliphatic rings. The molecule has 0 saturated heterocycles. The number of anilines is 1. The van der Waals surface area contributed by atoms with Crippen LogP contribution in [0.1, 0.15) is 27.7 Å². The van der Waals surface area contributed by atoms with Crippen LogP contribution in [0.5, 0.6) is 0 Å². The van der Waals surface area contributed by atoms with Gasteiger partial charge in [-0.15, -0.1) is 0 Å². The predicted octanol–water partition coefficient (Wildman–Crippen LogP) is 3.91. The maximum absolute atomic E-state index is 2.43. The second kappa shape index (κ2) is 5.01. The molecule has 1 rings (SSSR count). The normalized spacial score (nSPS) is 11.1. The first kappa shape index (κ1) is 11.8. The Morgan fingerprint density at radius 3 is 2.07 bits per heavy atom. The second-order valence-corrected chi connectivity index (χ2v) is 5.32. The third-order valence-corrected chi connectivity index (χ3v) is 2.89. The Bertz CT molecular complexity index is 286. The minimum atomic E-state index is 0.549. The van der Waals surface area contributed by atoms with Crippen LogP contribution in [-0.2, 0) is 0 Å². The number of benzene rings is 1. The third kappa shape index (κ3) is 2.87. The first-order valence-electron chi connectivity index (χ1n) is 5.06. The van der Waals surface area contributed by atoms with Crippen molar-refractivity contribution in [2.45, 2.75) is 39.8 Å². The molecule has 0 aromatic heterocycles. The highest BCUT2D eigenvalue weighted by Crippen LogP contribution is 2.21. The maximum atomic E-state index is 2.43. The van der Waals surface area contributed by atoms with E-state index in [1.165, 1.54) is 9.26 Å². The SMILES string of the molecule is CC(C)N(c1cccc(I)c1)C(C)C. The molecule has 0 unspecified atom stereocenters. The number of nitrogens with zero attached hydrogens (tertiary/aromatic N) is 1. The lowest BCUT2D eigenvalue weighted by Crippen LogP contribution is -2.36. The van der Waals surface area contributed by atoms with Gasteiger partial charge in [-0.2, -0.15) is 0 Å². The zero-order valence-electron chi connectivity index (χ0n) is 9.29. The Labute approximate surface area is 101 Å². The van der Waals surface area contributed by atoms with Crippen molar-refractivity contribution in [3.63, 3.8) is 0 Å². The second-order valence-electron chi connectivity index (χ2n) is 4.07. The molecule has 0 spiro atoms. The third-order valence-electron chi connectivity index (χ3n) is 2.22. The zero-order valence-corrected chi connectivity index (χ0v) is 11.4. The fourth-order valence-corrected chi connectivity index (χ4v) is 2.36. The molecule has 0 radical (unpaired) electrons. The Balaban J connectivity index is 2.99. The monoisotopic (exact) mass is 303 g/mol. The van der Waals surface area contributed by atoms with Crippen LogP contribution in [0, 0.1) is 3.57 Å². The average Bonchev–Trinajstić information content (AvgIpc) is 2.02. The number of hydrogen-bond donors (Lipinski definition) is 0. The summed E-state index contributed by atoms with van der Waals surface area (Å²) >= 11 is 2.36. The zero-order chi connectivity index (χ0) is 10.7. The van der Waals surface area contributed by atoms with E-state index < -0.39 is 0 Å². The first-order chi connectivity index (χ1) is 6.52. The van der Waals surface area contributed by atoms with Gasteiger partial charge in [0.1, 0.15) is 0 Å². The van der Waals surface area contributed by atoms with E-state index in [0.29, 0.717) is 12.1 Å². The molecule has 1 aromatic rings. The molecule has 0 bridgehead atoms. The van der Waals surface area contributed by atoms with E-state index in [4.69, 9.17) is 0 Å². The molecule has 0 fully saturated rings. The van der Waals surface area contributed by atoms with Crippen molar-refractivity contribution in [2.24, 2.45) is 0 Å². The molecule has 1 aromatic carbocycles. The summed E-state index contributed by atoms with van der Waals surface area (Å²) in [5.41, 5.74) is 1.32. The van der Waals surface area contributed by atoms with E-state index in [0.717, 1.165) is 0 Å². The van der Waals surface area contributed by atoms with Gasteiger partial charge in [0.2, 0.25) is 0 Å². The molecular weight excluding hydrogens is 285 g/mol. The van der Waals surface area contributed by atoms with E-state index in [-0.39, 0.29) is 0 Å². The molecule has 78 valence electrons. The Hall–Kier alpha value is -0.250. The summed E-state index contributed by atoms with van der Waals surface area (Å²) in [5, 5.41) is 0. The van der Waals surface area contributed by atoms with Gasteiger partial charge in [-0.05, 0) is 68.5 Å². The van der Waals surface area contributed by atoms with Gasteiger partial charge in [0.05, 0.1) is 0 Å². The highest BCUT2D eigenvalue weighted by atomic mass is 127. The van der Waals surface area contributed by atoms with Crippen LogP contribution in [-0.4, -0.2) is 12.1 Å². The summed E-state index contributed by atoms with van der Waals surface area (Å²) in [6.45, 7) is 8.94. The van der Waals surface area contributed by atoms with Gasteiger partial charge >= 0.3 is 0 Å². The lowest BCUT2D eigenvalue weighted by Gasteiger charge is -2.33. The van der Waals surface area contributed by atoms with Gasteiger partial charge in [-0.3, -0.25) is 0 Å². The van der Waals surface area contributed by atoms with E-state index in [2.05, 4.69) is 79.5 Å². The lowest BCUT2D eigenvalue weighted by molar-refractivity contribution is 0.608. The molecule has 0 amide bonds. The minimum absolute atomic E-state index is 0.549. The van der Waals surface area contributed by atoms with E-state index in [1.54, 1.807) is 0 Å². The molecule has 0 aliphatic heterocycles. The van der Waals surface area contributed by atoms with Crippen LogP contribution in [0.2, 0.25) is 0 Å². The highest BCUT2D eigenvalue weighted by molar-refractivity contribution is 14.1. The number of hydrogen-bond acceptors (Lipinski definition) is 1. The van der Waals surface area contributed by atoms with Gasteiger partial charge < -0.3 is 4.90 Å². The van der Waals surface area contributed by atoms with Crippen LogP contribution < -0.4 is 4.90 Å². The van der Waals surface area contributed by atoms with E-state index in [1.807, 2.05) is 0 Å². The standard InChI is InChI=1S/C12H18IN/c1-9(2)14(10(3)4)12-7-5-6-11(13)8-12/h5-10H,1-4H3. The first-order valence-corrected chi connectivity index (χ1v) is 6.14.